The van der Waals surface area contributed by atoms with E-state index in [9.17, 15) is 9.59 Å². The van der Waals surface area contributed by atoms with Gasteiger partial charge in [-0.2, -0.15) is 0 Å². The van der Waals surface area contributed by atoms with Gasteiger partial charge in [-0.15, -0.1) is 11.3 Å². The maximum absolute atomic E-state index is 12.3. The molecule has 0 aliphatic carbocycles. The van der Waals surface area contributed by atoms with Crippen LogP contribution >= 0.6 is 11.3 Å². The number of nitrogens with zero attached hydrogens (tertiary/aromatic N) is 3. The fourth-order valence-electron chi connectivity index (χ4n) is 3.23. The smallest absolute Gasteiger partial charge is 0.311 e. The minimum atomic E-state index is -0.308. The lowest BCUT2D eigenvalue weighted by molar-refractivity contribution is -0.142. The molecule has 1 amide bonds. The number of rotatable bonds is 7. The van der Waals surface area contributed by atoms with Crippen molar-refractivity contribution in [2.75, 3.05) is 49.5 Å². The normalized spacial score (nSPS) is 14.7. The molecule has 1 aliphatic rings. The Hall–Kier alpha value is -2.45. The first kappa shape index (κ1) is 20.3. The number of para-hydroxylation sites is 1. The summed E-state index contributed by atoms with van der Waals surface area (Å²) in [5.41, 5.74) is 3.16. The monoisotopic (exact) mass is 402 g/mol. The van der Waals surface area contributed by atoms with Crippen molar-refractivity contribution in [3.8, 4) is 0 Å². The van der Waals surface area contributed by atoms with Gasteiger partial charge in [0.1, 0.15) is 0 Å². The lowest BCUT2D eigenvalue weighted by Gasteiger charge is -2.36. The second-order valence-electron chi connectivity index (χ2n) is 6.72. The summed E-state index contributed by atoms with van der Waals surface area (Å²) in [6.45, 7) is 8.07. The molecule has 28 heavy (non-hydrogen) atoms. The van der Waals surface area contributed by atoms with Crippen LogP contribution < -0.4 is 10.2 Å². The van der Waals surface area contributed by atoms with E-state index in [-0.39, 0.29) is 18.3 Å². The summed E-state index contributed by atoms with van der Waals surface area (Å²) in [6, 6.07) is 8.38. The Morgan fingerprint density at radius 1 is 1.21 bits per heavy atom. The number of carbonyl (C=O) groups excluding carboxylic acids is 2. The number of hydrogen-bond acceptors (Lipinski definition) is 7. The van der Waals surface area contributed by atoms with Crippen molar-refractivity contribution in [3.05, 3.63) is 40.9 Å². The van der Waals surface area contributed by atoms with Crippen LogP contribution in [0.2, 0.25) is 0 Å². The summed E-state index contributed by atoms with van der Waals surface area (Å²) in [7, 11) is 0. The van der Waals surface area contributed by atoms with E-state index in [0.717, 1.165) is 26.2 Å². The zero-order valence-corrected chi connectivity index (χ0v) is 17.1. The Morgan fingerprint density at radius 3 is 2.68 bits per heavy atom. The minimum Gasteiger partial charge on any atom is -0.466 e. The highest BCUT2D eigenvalue weighted by Gasteiger charge is 2.20. The molecular formula is C20H26N4O3S. The zero-order chi connectivity index (χ0) is 19.9. The molecule has 1 aromatic heterocycles. The Balaban J connectivity index is 1.44. The molecule has 0 bridgehead atoms. The predicted octanol–water partition coefficient (Wildman–Crippen LogP) is 2.32. The van der Waals surface area contributed by atoms with E-state index in [4.69, 9.17) is 4.74 Å². The molecule has 1 aromatic carbocycles. The van der Waals surface area contributed by atoms with Gasteiger partial charge in [0.05, 0.1) is 25.3 Å². The summed E-state index contributed by atoms with van der Waals surface area (Å²) in [5, 5.41) is 5.12. The fraction of sp³-hybridized carbons (Fsp3) is 0.450. The van der Waals surface area contributed by atoms with E-state index < -0.39 is 0 Å². The maximum atomic E-state index is 12.3. The fourth-order valence-corrected chi connectivity index (χ4v) is 3.96. The molecule has 1 aliphatic heterocycles. The number of hydrogen-bond donors (Lipinski definition) is 1. The first-order valence-electron chi connectivity index (χ1n) is 9.48. The van der Waals surface area contributed by atoms with Crippen molar-refractivity contribution < 1.29 is 14.3 Å². The molecule has 0 atom stereocenters. The summed E-state index contributed by atoms with van der Waals surface area (Å²) < 4.78 is 4.91. The first-order valence-corrected chi connectivity index (χ1v) is 10.4. The number of amides is 1. The number of aromatic nitrogens is 1. The van der Waals surface area contributed by atoms with E-state index >= 15 is 0 Å². The first-order chi connectivity index (χ1) is 13.5. The summed E-state index contributed by atoms with van der Waals surface area (Å²) in [5.74, 6) is -0.390. The third kappa shape index (κ3) is 5.53. The Kier molecular flexibility index (Phi) is 7.00. The number of thiazole rings is 1. The Labute approximate surface area is 169 Å². The second-order valence-corrected chi connectivity index (χ2v) is 7.58. The average molecular weight is 403 g/mol. The molecule has 2 heterocycles. The van der Waals surface area contributed by atoms with Gasteiger partial charge in [0.2, 0.25) is 5.91 Å². The standard InChI is InChI=1S/C20H26N4O3S/c1-3-27-19(26)12-16-14-28-20(21-16)22-18(25)13-23-8-10-24(11-9-23)17-7-5-4-6-15(17)2/h4-7,14H,3,8-13H2,1-2H3,(H,21,22,25). The molecule has 2 aromatic rings. The van der Waals surface area contributed by atoms with Gasteiger partial charge in [-0.05, 0) is 25.5 Å². The number of anilines is 2. The van der Waals surface area contributed by atoms with E-state index in [1.165, 1.54) is 22.6 Å². The Morgan fingerprint density at radius 2 is 1.96 bits per heavy atom. The largest absolute Gasteiger partial charge is 0.466 e. The van der Waals surface area contributed by atoms with Crippen LogP contribution in [0.3, 0.4) is 0 Å². The molecule has 0 saturated carbocycles. The molecular weight excluding hydrogens is 376 g/mol. The molecule has 1 N–H and O–H groups in total. The summed E-state index contributed by atoms with van der Waals surface area (Å²) in [6.07, 6.45) is 0.126. The van der Waals surface area contributed by atoms with Crippen LogP contribution in [-0.4, -0.2) is 61.1 Å². The van der Waals surface area contributed by atoms with Crippen molar-refractivity contribution in [2.24, 2.45) is 0 Å². The SMILES string of the molecule is CCOC(=O)Cc1csc(NC(=O)CN2CCN(c3ccccc3C)CC2)n1. The average Bonchev–Trinajstić information content (AvgIpc) is 3.09. The van der Waals surface area contributed by atoms with Gasteiger partial charge in [0.15, 0.2) is 5.13 Å². The van der Waals surface area contributed by atoms with Gasteiger partial charge in [-0.3, -0.25) is 14.5 Å². The highest BCUT2D eigenvalue weighted by atomic mass is 32.1. The zero-order valence-electron chi connectivity index (χ0n) is 16.3. The molecule has 1 fully saturated rings. The highest BCUT2D eigenvalue weighted by Crippen LogP contribution is 2.21. The summed E-state index contributed by atoms with van der Waals surface area (Å²) >= 11 is 1.32. The molecule has 7 nitrogen and oxygen atoms in total. The predicted molar refractivity (Wildman–Crippen MR) is 111 cm³/mol. The lowest BCUT2D eigenvalue weighted by atomic mass is 10.1. The third-order valence-corrected chi connectivity index (χ3v) is 5.43. The van der Waals surface area contributed by atoms with Crippen molar-refractivity contribution in [2.45, 2.75) is 20.3 Å². The van der Waals surface area contributed by atoms with E-state index in [1.807, 2.05) is 0 Å². The van der Waals surface area contributed by atoms with Crippen LogP contribution in [0.1, 0.15) is 18.2 Å². The quantitative estimate of drug-likeness (QED) is 0.717. The van der Waals surface area contributed by atoms with Gasteiger partial charge < -0.3 is 15.0 Å². The number of carbonyl (C=O) groups is 2. The van der Waals surface area contributed by atoms with Gasteiger partial charge in [0, 0.05) is 37.2 Å². The topological polar surface area (TPSA) is 74.8 Å². The van der Waals surface area contributed by atoms with Crippen LogP contribution in [0.5, 0.6) is 0 Å². The van der Waals surface area contributed by atoms with Gasteiger partial charge >= 0.3 is 5.97 Å². The molecule has 150 valence electrons. The van der Waals surface area contributed by atoms with Crippen molar-refractivity contribution in [3.63, 3.8) is 0 Å². The molecule has 0 radical (unpaired) electrons. The second kappa shape index (κ2) is 9.66. The van der Waals surface area contributed by atoms with Crippen LogP contribution in [-0.2, 0) is 20.7 Å². The Bertz CT molecular complexity index is 815. The van der Waals surface area contributed by atoms with E-state index in [2.05, 4.69) is 51.3 Å². The number of aryl methyl sites for hydroxylation is 1. The van der Waals surface area contributed by atoms with Gasteiger partial charge in [0.25, 0.3) is 0 Å². The highest BCUT2D eigenvalue weighted by molar-refractivity contribution is 7.13. The maximum Gasteiger partial charge on any atom is 0.311 e. The van der Waals surface area contributed by atoms with Crippen LogP contribution in [0.15, 0.2) is 29.6 Å². The minimum absolute atomic E-state index is 0.0821. The number of esters is 1. The number of piperazine rings is 1. The molecule has 1 saturated heterocycles. The van der Waals surface area contributed by atoms with E-state index in [0.29, 0.717) is 24.0 Å². The van der Waals surface area contributed by atoms with Crippen molar-refractivity contribution >= 4 is 34.0 Å². The molecule has 0 spiro atoms. The van der Waals surface area contributed by atoms with Crippen molar-refractivity contribution in [1.29, 1.82) is 0 Å². The van der Waals surface area contributed by atoms with Gasteiger partial charge in [-0.1, -0.05) is 18.2 Å². The molecule has 0 unspecified atom stereocenters. The third-order valence-electron chi connectivity index (χ3n) is 4.62. The number of nitrogens with one attached hydrogen (secondary N) is 1. The van der Waals surface area contributed by atoms with E-state index in [1.54, 1.807) is 12.3 Å². The van der Waals surface area contributed by atoms with Crippen LogP contribution in [0.4, 0.5) is 10.8 Å². The summed E-state index contributed by atoms with van der Waals surface area (Å²) in [4.78, 5) is 32.6. The van der Waals surface area contributed by atoms with Crippen molar-refractivity contribution in [1.82, 2.24) is 9.88 Å². The number of ether oxygens (including phenoxy) is 1. The van der Waals surface area contributed by atoms with Gasteiger partial charge in [-0.25, -0.2) is 4.98 Å². The van der Waals surface area contributed by atoms with Crippen LogP contribution in [0.25, 0.3) is 0 Å². The number of benzene rings is 1. The molecule has 3 rings (SSSR count). The van der Waals surface area contributed by atoms with Crippen LogP contribution in [0, 0.1) is 6.92 Å². The molecule has 8 heteroatoms. The lowest BCUT2D eigenvalue weighted by Crippen LogP contribution is -2.48.